The number of thioether (sulfide) groups is 1. The average molecular weight is 401 g/mol. The van der Waals surface area contributed by atoms with Gasteiger partial charge in [-0.05, 0) is 65.7 Å². The fraction of sp³-hybridized carbons (Fsp3) is 0.0833. The van der Waals surface area contributed by atoms with Crippen molar-refractivity contribution in [2.24, 2.45) is 4.99 Å². The first-order valence-corrected chi connectivity index (χ1v) is 10.1. The molecule has 4 rings (SSSR count). The molecule has 1 saturated heterocycles. The minimum Gasteiger partial charge on any atom is -0.489 e. The number of hydrogen-bond donors (Lipinski definition) is 1. The maximum absolute atomic E-state index is 12.3. The van der Waals surface area contributed by atoms with Crippen molar-refractivity contribution in [3.8, 4) is 5.75 Å². The van der Waals surface area contributed by atoms with Gasteiger partial charge in [-0.1, -0.05) is 54.6 Å². The molecule has 0 bridgehead atoms. The maximum atomic E-state index is 12.3. The standard InChI is InChI=1S/C24H20N2O2S/c1-17-6-5-9-20(14-17)25-24-26-23(27)22(29-24)15-18-10-12-21(13-11-18)28-16-19-7-3-2-4-8-19/h2-15H,16H2,1H3,(H,25,26,27)/b22-15-. The Morgan fingerprint density at radius 1 is 1.00 bits per heavy atom. The topological polar surface area (TPSA) is 50.7 Å². The van der Waals surface area contributed by atoms with Crippen LogP contribution in [0.3, 0.4) is 0 Å². The lowest BCUT2D eigenvalue weighted by Gasteiger charge is -2.06. The predicted octanol–water partition coefficient (Wildman–Crippen LogP) is 5.47. The van der Waals surface area contributed by atoms with Gasteiger partial charge in [-0.15, -0.1) is 0 Å². The zero-order valence-corrected chi connectivity index (χ0v) is 16.8. The van der Waals surface area contributed by atoms with E-state index in [9.17, 15) is 4.79 Å². The lowest BCUT2D eigenvalue weighted by atomic mass is 10.2. The van der Waals surface area contributed by atoms with E-state index in [-0.39, 0.29) is 5.91 Å². The van der Waals surface area contributed by atoms with Crippen LogP contribution in [-0.2, 0) is 11.4 Å². The third-order valence-corrected chi connectivity index (χ3v) is 5.22. The van der Waals surface area contributed by atoms with Gasteiger partial charge in [-0.2, -0.15) is 0 Å². The number of carbonyl (C=O) groups is 1. The summed E-state index contributed by atoms with van der Waals surface area (Å²) in [4.78, 5) is 17.4. The van der Waals surface area contributed by atoms with Crippen LogP contribution in [0.4, 0.5) is 5.69 Å². The Balaban J connectivity index is 1.41. The number of aliphatic imine (C=N–C) groups is 1. The number of aryl methyl sites for hydroxylation is 1. The number of hydrogen-bond acceptors (Lipinski definition) is 4. The summed E-state index contributed by atoms with van der Waals surface area (Å²) in [6.07, 6.45) is 1.86. The van der Waals surface area contributed by atoms with Crippen molar-refractivity contribution in [3.05, 3.63) is 100 Å². The monoisotopic (exact) mass is 400 g/mol. The molecule has 0 spiro atoms. The molecular weight excluding hydrogens is 380 g/mol. The molecule has 1 amide bonds. The Kier molecular flexibility index (Phi) is 5.77. The van der Waals surface area contributed by atoms with Gasteiger partial charge in [0, 0.05) is 0 Å². The molecule has 0 aromatic heterocycles. The van der Waals surface area contributed by atoms with Gasteiger partial charge >= 0.3 is 0 Å². The first-order valence-electron chi connectivity index (χ1n) is 9.29. The molecule has 0 atom stereocenters. The number of carbonyl (C=O) groups excluding carboxylic acids is 1. The molecule has 4 nitrogen and oxygen atoms in total. The van der Waals surface area contributed by atoms with Crippen molar-refractivity contribution >= 4 is 34.6 Å². The number of amidine groups is 1. The van der Waals surface area contributed by atoms with E-state index in [4.69, 9.17) is 4.74 Å². The SMILES string of the molecule is Cc1cccc(N=C2NC(=O)/C(=C/c3ccc(OCc4ccccc4)cc3)S2)c1. The highest BCUT2D eigenvalue weighted by Gasteiger charge is 2.23. The highest BCUT2D eigenvalue weighted by molar-refractivity contribution is 8.18. The highest BCUT2D eigenvalue weighted by atomic mass is 32.2. The number of nitrogens with one attached hydrogen (secondary N) is 1. The molecule has 0 aliphatic carbocycles. The van der Waals surface area contributed by atoms with Crippen LogP contribution in [0.5, 0.6) is 5.75 Å². The Labute approximate surface area is 174 Å². The molecule has 1 N–H and O–H groups in total. The van der Waals surface area contributed by atoms with Crippen molar-refractivity contribution in [1.29, 1.82) is 0 Å². The summed E-state index contributed by atoms with van der Waals surface area (Å²) in [5.41, 5.74) is 4.02. The summed E-state index contributed by atoms with van der Waals surface area (Å²) in [7, 11) is 0. The Morgan fingerprint density at radius 3 is 2.55 bits per heavy atom. The van der Waals surface area contributed by atoms with Crippen LogP contribution in [0.15, 0.2) is 88.8 Å². The highest BCUT2D eigenvalue weighted by Crippen LogP contribution is 2.28. The van der Waals surface area contributed by atoms with Gasteiger partial charge in [-0.25, -0.2) is 4.99 Å². The first kappa shape index (κ1) is 19.0. The van der Waals surface area contributed by atoms with Gasteiger partial charge in [0.25, 0.3) is 5.91 Å². The molecule has 1 heterocycles. The number of amides is 1. The van der Waals surface area contributed by atoms with Crippen LogP contribution in [0.1, 0.15) is 16.7 Å². The van der Waals surface area contributed by atoms with Crippen molar-refractivity contribution < 1.29 is 9.53 Å². The van der Waals surface area contributed by atoms with Crippen LogP contribution in [0.2, 0.25) is 0 Å². The fourth-order valence-corrected chi connectivity index (χ4v) is 3.69. The predicted molar refractivity (Wildman–Crippen MR) is 119 cm³/mol. The Bertz CT molecular complexity index is 1070. The molecule has 144 valence electrons. The van der Waals surface area contributed by atoms with Gasteiger partial charge < -0.3 is 10.1 Å². The second-order valence-corrected chi connectivity index (χ2v) is 7.69. The molecule has 1 aliphatic rings. The summed E-state index contributed by atoms with van der Waals surface area (Å²) in [5.74, 6) is 0.659. The molecule has 29 heavy (non-hydrogen) atoms. The van der Waals surface area contributed by atoms with Gasteiger partial charge in [0.05, 0.1) is 10.6 Å². The van der Waals surface area contributed by atoms with Crippen LogP contribution in [-0.4, -0.2) is 11.1 Å². The van der Waals surface area contributed by atoms with Gasteiger partial charge in [0.2, 0.25) is 0 Å². The maximum Gasteiger partial charge on any atom is 0.264 e. The van der Waals surface area contributed by atoms with E-state index in [2.05, 4.69) is 10.3 Å². The quantitative estimate of drug-likeness (QED) is 0.578. The number of ether oxygens (including phenoxy) is 1. The minimum atomic E-state index is -0.134. The second kappa shape index (κ2) is 8.80. The largest absolute Gasteiger partial charge is 0.489 e. The van der Waals surface area contributed by atoms with E-state index < -0.39 is 0 Å². The summed E-state index contributed by atoms with van der Waals surface area (Å²) in [5, 5.41) is 3.42. The van der Waals surface area contributed by atoms with E-state index in [0.717, 1.165) is 28.1 Å². The van der Waals surface area contributed by atoms with Crippen molar-refractivity contribution in [2.45, 2.75) is 13.5 Å². The van der Waals surface area contributed by atoms with Gasteiger partial charge in [-0.3, -0.25) is 4.79 Å². The van der Waals surface area contributed by atoms with Crippen LogP contribution >= 0.6 is 11.8 Å². The Hall–Kier alpha value is -3.31. The average Bonchev–Trinajstić information content (AvgIpc) is 3.07. The van der Waals surface area contributed by atoms with Gasteiger partial charge in [0.15, 0.2) is 5.17 Å². The van der Waals surface area contributed by atoms with Crippen LogP contribution < -0.4 is 10.1 Å². The molecule has 3 aromatic carbocycles. The molecule has 0 radical (unpaired) electrons. The second-order valence-electron chi connectivity index (χ2n) is 6.66. The van der Waals surface area contributed by atoms with E-state index >= 15 is 0 Å². The molecule has 1 aliphatic heterocycles. The lowest BCUT2D eigenvalue weighted by Crippen LogP contribution is -2.19. The van der Waals surface area contributed by atoms with Crippen molar-refractivity contribution in [1.82, 2.24) is 5.32 Å². The van der Waals surface area contributed by atoms with Crippen molar-refractivity contribution in [2.75, 3.05) is 0 Å². The number of rotatable bonds is 5. The third-order valence-electron chi connectivity index (χ3n) is 4.31. The smallest absolute Gasteiger partial charge is 0.264 e. The molecular formula is C24H20N2O2S. The summed E-state index contributed by atoms with van der Waals surface area (Å²) < 4.78 is 5.81. The van der Waals surface area contributed by atoms with E-state index in [1.807, 2.05) is 91.9 Å². The lowest BCUT2D eigenvalue weighted by molar-refractivity contribution is -0.115. The van der Waals surface area contributed by atoms with E-state index in [1.165, 1.54) is 11.8 Å². The molecule has 5 heteroatoms. The molecule has 0 saturated carbocycles. The summed E-state index contributed by atoms with van der Waals surface area (Å²) in [6, 6.07) is 25.6. The first-order chi connectivity index (χ1) is 14.2. The zero-order chi connectivity index (χ0) is 20.1. The van der Waals surface area contributed by atoms with E-state index in [0.29, 0.717) is 16.7 Å². The third kappa shape index (κ3) is 5.15. The van der Waals surface area contributed by atoms with Gasteiger partial charge in [0.1, 0.15) is 12.4 Å². The Morgan fingerprint density at radius 2 is 1.79 bits per heavy atom. The number of nitrogens with zero attached hydrogens (tertiary/aromatic N) is 1. The van der Waals surface area contributed by atoms with Crippen molar-refractivity contribution in [3.63, 3.8) is 0 Å². The minimum absolute atomic E-state index is 0.134. The zero-order valence-electron chi connectivity index (χ0n) is 16.0. The van der Waals surface area contributed by atoms with E-state index in [1.54, 1.807) is 0 Å². The fourth-order valence-electron chi connectivity index (χ4n) is 2.85. The number of benzene rings is 3. The summed E-state index contributed by atoms with van der Waals surface area (Å²) >= 11 is 1.35. The summed E-state index contributed by atoms with van der Waals surface area (Å²) in [6.45, 7) is 2.54. The molecule has 3 aromatic rings. The normalized spacial score (nSPS) is 16.2. The van der Waals surface area contributed by atoms with Crippen LogP contribution in [0, 0.1) is 6.92 Å². The molecule has 0 unspecified atom stereocenters. The molecule has 1 fully saturated rings. The van der Waals surface area contributed by atoms with Crippen LogP contribution in [0.25, 0.3) is 6.08 Å².